The van der Waals surface area contributed by atoms with Crippen molar-refractivity contribution in [2.24, 2.45) is 0 Å². The van der Waals surface area contributed by atoms with Crippen molar-refractivity contribution in [2.75, 3.05) is 0 Å². The molecule has 24 heavy (non-hydrogen) atoms. The Bertz CT molecular complexity index is 963. The highest BCUT2D eigenvalue weighted by Crippen LogP contribution is 2.28. The lowest BCUT2D eigenvalue weighted by molar-refractivity contribution is 0.630. The van der Waals surface area contributed by atoms with E-state index in [-0.39, 0.29) is 5.56 Å². The Morgan fingerprint density at radius 2 is 1.83 bits per heavy atom. The van der Waals surface area contributed by atoms with E-state index in [1.54, 1.807) is 16.7 Å². The van der Waals surface area contributed by atoms with Crippen molar-refractivity contribution in [1.29, 1.82) is 0 Å². The van der Waals surface area contributed by atoms with E-state index < -0.39 is 0 Å². The summed E-state index contributed by atoms with van der Waals surface area (Å²) in [7, 11) is 0. The highest BCUT2D eigenvalue weighted by molar-refractivity contribution is 6.42. The monoisotopic (exact) mass is 360 g/mol. The Morgan fingerprint density at radius 3 is 2.54 bits per heavy atom. The first-order chi connectivity index (χ1) is 11.5. The molecule has 1 aromatic heterocycles. The van der Waals surface area contributed by atoms with Crippen LogP contribution in [0.4, 0.5) is 0 Å². The smallest absolute Gasteiger partial charge is 0.277 e. The number of hydrogen-bond acceptors (Lipinski definition) is 2. The van der Waals surface area contributed by atoms with E-state index in [0.29, 0.717) is 27.8 Å². The van der Waals surface area contributed by atoms with E-state index in [2.05, 4.69) is 11.9 Å². The van der Waals surface area contributed by atoms with E-state index >= 15 is 0 Å². The lowest BCUT2D eigenvalue weighted by Crippen LogP contribution is -2.24. The molecule has 0 amide bonds. The number of benzene rings is 2. The van der Waals surface area contributed by atoms with Gasteiger partial charge in [0.15, 0.2) is 0 Å². The molecule has 0 aliphatic carbocycles. The molecule has 124 valence electrons. The van der Waals surface area contributed by atoms with Gasteiger partial charge in [-0.05, 0) is 31.0 Å². The van der Waals surface area contributed by atoms with Crippen LogP contribution in [0.3, 0.4) is 0 Å². The van der Waals surface area contributed by atoms with Gasteiger partial charge in [0.1, 0.15) is 5.69 Å². The maximum absolute atomic E-state index is 13.1. The zero-order valence-electron chi connectivity index (χ0n) is 13.6. The summed E-state index contributed by atoms with van der Waals surface area (Å²) in [6.07, 6.45) is 1.91. The van der Waals surface area contributed by atoms with Crippen molar-refractivity contribution in [3.8, 4) is 11.3 Å². The molecule has 3 rings (SSSR count). The predicted molar refractivity (Wildman–Crippen MR) is 101 cm³/mol. The van der Waals surface area contributed by atoms with Gasteiger partial charge in [-0.15, -0.1) is 0 Å². The van der Waals surface area contributed by atoms with Crippen LogP contribution in [-0.2, 0) is 6.54 Å². The van der Waals surface area contributed by atoms with E-state index in [1.807, 2.05) is 31.2 Å². The standard InChI is InChI=1S/C19H18Cl2N2O/c1-3-4-9-23-17-11-15(21)14(20)10-16(17)22-18(19(23)24)13-8-6-5-7-12(13)2/h5-8,10-11H,3-4,9H2,1-2H3. The van der Waals surface area contributed by atoms with E-state index in [0.717, 1.165) is 29.5 Å². The first-order valence-electron chi connectivity index (χ1n) is 7.98. The van der Waals surface area contributed by atoms with Gasteiger partial charge in [-0.2, -0.15) is 0 Å². The molecule has 3 aromatic rings. The second-order valence-corrected chi connectivity index (χ2v) is 6.66. The van der Waals surface area contributed by atoms with Crippen LogP contribution in [0.15, 0.2) is 41.2 Å². The molecule has 0 fully saturated rings. The lowest BCUT2D eigenvalue weighted by Gasteiger charge is -2.14. The summed E-state index contributed by atoms with van der Waals surface area (Å²) in [5.74, 6) is 0. The van der Waals surface area contributed by atoms with Crippen molar-refractivity contribution in [1.82, 2.24) is 9.55 Å². The number of halogens is 2. The van der Waals surface area contributed by atoms with Gasteiger partial charge in [0, 0.05) is 12.1 Å². The molecule has 0 aliphatic heterocycles. The average molecular weight is 361 g/mol. The number of rotatable bonds is 4. The zero-order chi connectivity index (χ0) is 17.3. The fraction of sp³-hybridized carbons (Fsp3) is 0.263. The molecule has 0 saturated heterocycles. The highest BCUT2D eigenvalue weighted by atomic mass is 35.5. The molecule has 1 heterocycles. The summed E-state index contributed by atoms with van der Waals surface area (Å²) in [5, 5.41) is 0.868. The lowest BCUT2D eigenvalue weighted by atomic mass is 10.1. The van der Waals surface area contributed by atoms with Crippen molar-refractivity contribution in [3.05, 3.63) is 62.4 Å². The van der Waals surface area contributed by atoms with Gasteiger partial charge in [0.05, 0.1) is 21.1 Å². The van der Waals surface area contributed by atoms with Crippen LogP contribution in [-0.4, -0.2) is 9.55 Å². The predicted octanol–water partition coefficient (Wildman–Crippen LogP) is 5.48. The molecule has 0 saturated carbocycles. The van der Waals surface area contributed by atoms with Crippen LogP contribution in [0, 0.1) is 6.92 Å². The summed E-state index contributed by atoms with van der Waals surface area (Å²) < 4.78 is 1.76. The summed E-state index contributed by atoms with van der Waals surface area (Å²) in [5.41, 5.74) is 3.63. The summed E-state index contributed by atoms with van der Waals surface area (Å²) in [6.45, 7) is 4.71. The van der Waals surface area contributed by atoms with Crippen molar-refractivity contribution in [3.63, 3.8) is 0 Å². The molecular weight excluding hydrogens is 343 g/mol. The van der Waals surface area contributed by atoms with E-state index in [9.17, 15) is 4.79 Å². The van der Waals surface area contributed by atoms with Crippen LogP contribution in [0.25, 0.3) is 22.3 Å². The Labute approximate surface area is 150 Å². The van der Waals surface area contributed by atoms with Gasteiger partial charge >= 0.3 is 0 Å². The molecule has 0 atom stereocenters. The summed E-state index contributed by atoms with van der Waals surface area (Å²) in [6, 6.07) is 11.2. The van der Waals surface area contributed by atoms with Crippen molar-refractivity contribution < 1.29 is 0 Å². The van der Waals surface area contributed by atoms with Crippen molar-refractivity contribution >= 4 is 34.2 Å². The second kappa shape index (κ2) is 6.96. The number of aromatic nitrogens is 2. The van der Waals surface area contributed by atoms with E-state index in [1.165, 1.54) is 0 Å². The number of nitrogens with zero attached hydrogens (tertiary/aromatic N) is 2. The number of fused-ring (bicyclic) bond motifs is 1. The van der Waals surface area contributed by atoms with Crippen LogP contribution in [0.2, 0.25) is 10.0 Å². The first kappa shape index (κ1) is 17.0. The van der Waals surface area contributed by atoms with Gasteiger partial charge in [0.25, 0.3) is 5.56 Å². The maximum Gasteiger partial charge on any atom is 0.277 e. The Hall–Kier alpha value is -1.84. The Kier molecular flexibility index (Phi) is 4.93. The molecule has 0 unspecified atom stereocenters. The third-order valence-corrected chi connectivity index (χ3v) is 4.85. The third-order valence-electron chi connectivity index (χ3n) is 4.12. The molecule has 0 aliphatic rings. The highest BCUT2D eigenvalue weighted by Gasteiger charge is 2.15. The quantitative estimate of drug-likeness (QED) is 0.617. The molecule has 3 nitrogen and oxygen atoms in total. The van der Waals surface area contributed by atoms with Gasteiger partial charge < -0.3 is 4.57 Å². The number of hydrogen-bond donors (Lipinski definition) is 0. The summed E-state index contributed by atoms with van der Waals surface area (Å²) in [4.78, 5) is 17.7. The summed E-state index contributed by atoms with van der Waals surface area (Å²) >= 11 is 12.3. The second-order valence-electron chi connectivity index (χ2n) is 5.84. The van der Waals surface area contributed by atoms with Crippen LogP contribution < -0.4 is 5.56 Å². The molecule has 0 N–H and O–H groups in total. The molecule has 0 radical (unpaired) electrons. The molecular formula is C19H18Cl2N2O. The van der Waals surface area contributed by atoms with Crippen LogP contribution in [0.1, 0.15) is 25.3 Å². The Morgan fingerprint density at radius 1 is 1.12 bits per heavy atom. The van der Waals surface area contributed by atoms with Gasteiger partial charge in [-0.1, -0.05) is 60.8 Å². The SMILES string of the molecule is CCCCn1c(=O)c(-c2ccccc2C)nc2cc(Cl)c(Cl)cc21. The van der Waals surface area contributed by atoms with Gasteiger partial charge in [-0.25, -0.2) is 4.98 Å². The average Bonchev–Trinajstić information content (AvgIpc) is 2.56. The Balaban J connectivity index is 2.35. The fourth-order valence-electron chi connectivity index (χ4n) is 2.79. The largest absolute Gasteiger partial charge is 0.305 e. The minimum atomic E-state index is -0.0939. The fourth-order valence-corrected chi connectivity index (χ4v) is 3.11. The first-order valence-corrected chi connectivity index (χ1v) is 8.74. The maximum atomic E-state index is 13.1. The number of aryl methyl sites for hydroxylation is 2. The van der Waals surface area contributed by atoms with Gasteiger partial charge in [-0.3, -0.25) is 4.79 Å². The van der Waals surface area contributed by atoms with Crippen LogP contribution in [0.5, 0.6) is 0 Å². The molecule has 2 aromatic carbocycles. The molecule has 5 heteroatoms. The van der Waals surface area contributed by atoms with E-state index in [4.69, 9.17) is 23.2 Å². The normalized spacial score (nSPS) is 11.2. The minimum Gasteiger partial charge on any atom is -0.305 e. The van der Waals surface area contributed by atoms with Crippen molar-refractivity contribution in [2.45, 2.75) is 33.2 Å². The number of unbranched alkanes of at least 4 members (excludes halogenated alkanes) is 1. The van der Waals surface area contributed by atoms with Gasteiger partial charge in [0.2, 0.25) is 0 Å². The minimum absolute atomic E-state index is 0.0939. The van der Waals surface area contributed by atoms with Crippen LogP contribution >= 0.6 is 23.2 Å². The zero-order valence-corrected chi connectivity index (χ0v) is 15.2. The topological polar surface area (TPSA) is 34.9 Å². The molecule has 0 bridgehead atoms. The third kappa shape index (κ3) is 3.06. The molecule has 0 spiro atoms.